The molecule has 0 amide bonds. The van der Waals surface area contributed by atoms with Crippen LogP contribution >= 0.6 is 11.6 Å². The lowest BCUT2D eigenvalue weighted by Crippen LogP contribution is -2.39. The van der Waals surface area contributed by atoms with Crippen LogP contribution in [0.5, 0.6) is 5.75 Å². The number of ether oxygens (including phenoxy) is 3. The van der Waals surface area contributed by atoms with E-state index in [1.165, 1.54) is 11.1 Å². The molecule has 2 saturated heterocycles. The molecular weight excluding hydrogens is 496 g/mol. The molecule has 0 saturated carbocycles. The predicted molar refractivity (Wildman–Crippen MR) is 151 cm³/mol. The molecule has 38 heavy (non-hydrogen) atoms. The zero-order valence-corrected chi connectivity index (χ0v) is 23.0. The van der Waals surface area contributed by atoms with Crippen LogP contribution in [0.15, 0.2) is 72.8 Å². The van der Waals surface area contributed by atoms with E-state index < -0.39 is 0 Å². The van der Waals surface area contributed by atoms with Crippen LogP contribution in [0.1, 0.15) is 74.0 Å². The largest absolute Gasteiger partial charge is 0.494 e. The highest BCUT2D eigenvalue weighted by molar-refractivity contribution is 6.31. The van der Waals surface area contributed by atoms with Gasteiger partial charge in [0.1, 0.15) is 11.5 Å². The summed E-state index contributed by atoms with van der Waals surface area (Å²) in [7, 11) is 0. The molecule has 3 aromatic rings. The molecule has 5 unspecified atom stereocenters. The lowest BCUT2D eigenvalue weighted by Gasteiger charge is -2.41. The van der Waals surface area contributed by atoms with Crippen LogP contribution < -0.4 is 4.74 Å². The average Bonchev–Trinajstić information content (AvgIpc) is 3.13. The molecule has 0 radical (unpaired) electrons. The van der Waals surface area contributed by atoms with Crippen LogP contribution in [0.2, 0.25) is 5.02 Å². The van der Waals surface area contributed by atoms with E-state index in [0.717, 1.165) is 47.6 Å². The summed E-state index contributed by atoms with van der Waals surface area (Å²) in [5.41, 5.74) is 4.53. The quantitative estimate of drug-likeness (QED) is 0.295. The monoisotopic (exact) mass is 532 g/mol. The molecule has 2 aliphatic rings. The number of benzene rings is 3. The second-order valence-electron chi connectivity index (χ2n) is 10.7. The first-order valence-corrected chi connectivity index (χ1v) is 14.2. The van der Waals surface area contributed by atoms with Crippen LogP contribution in [0, 0.1) is 11.8 Å². The third-order valence-corrected chi connectivity index (χ3v) is 8.26. The lowest BCUT2D eigenvalue weighted by atomic mass is 9.77. The molecule has 0 aromatic heterocycles. The Balaban J connectivity index is 1.35. The molecule has 5 heteroatoms. The summed E-state index contributed by atoms with van der Waals surface area (Å²) in [5.74, 6) is 1.60. The summed E-state index contributed by atoms with van der Waals surface area (Å²) in [6.07, 6.45) is 4.16. The maximum atomic E-state index is 12.3. The molecule has 200 valence electrons. The van der Waals surface area contributed by atoms with Crippen molar-refractivity contribution >= 4 is 17.4 Å². The molecule has 4 nitrogen and oxygen atoms in total. The zero-order valence-electron chi connectivity index (χ0n) is 22.3. The van der Waals surface area contributed by atoms with Gasteiger partial charge in [0, 0.05) is 11.4 Å². The summed E-state index contributed by atoms with van der Waals surface area (Å²) in [6, 6.07) is 24.8. The molecule has 0 spiro atoms. The highest BCUT2D eigenvalue weighted by Crippen LogP contribution is 2.46. The fourth-order valence-corrected chi connectivity index (χ4v) is 6.24. The van der Waals surface area contributed by atoms with Crippen molar-refractivity contribution in [3.8, 4) is 5.75 Å². The second-order valence-corrected chi connectivity index (χ2v) is 11.1. The van der Waals surface area contributed by atoms with E-state index in [1.807, 2.05) is 31.2 Å². The smallest absolute Gasteiger partial charge is 0.130 e. The van der Waals surface area contributed by atoms with Gasteiger partial charge in [-0.15, -0.1) is 0 Å². The Morgan fingerprint density at radius 3 is 2.53 bits per heavy atom. The number of hydrogen-bond acceptors (Lipinski definition) is 4. The molecule has 0 bridgehead atoms. The number of carbonyl (C=O) groups excluding carboxylic acids is 1. The van der Waals surface area contributed by atoms with Gasteiger partial charge in [-0.1, -0.05) is 66.2 Å². The number of Topliss-reactive ketones (excluding diaryl/α,β-unsaturated/α-hetero) is 1. The van der Waals surface area contributed by atoms with Crippen LogP contribution in [0.4, 0.5) is 0 Å². The normalized spacial score (nSPS) is 25.3. The van der Waals surface area contributed by atoms with Crippen LogP contribution in [0.25, 0.3) is 0 Å². The van der Waals surface area contributed by atoms with Crippen molar-refractivity contribution in [3.05, 3.63) is 100 Å². The first-order chi connectivity index (χ1) is 18.5. The van der Waals surface area contributed by atoms with E-state index in [2.05, 4.69) is 48.5 Å². The van der Waals surface area contributed by atoms with E-state index in [0.29, 0.717) is 25.6 Å². The van der Waals surface area contributed by atoms with E-state index in [-0.39, 0.29) is 30.0 Å². The average molecular weight is 533 g/mol. The molecule has 3 aromatic carbocycles. The molecule has 2 aliphatic heterocycles. The Morgan fingerprint density at radius 1 is 1.00 bits per heavy atom. The van der Waals surface area contributed by atoms with Gasteiger partial charge in [-0.25, -0.2) is 0 Å². The van der Waals surface area contributed by atoms with E-state index >= 15 is 0 Å². The molecule has 0 N–H and O–H groups in total. The minimum absolute atomic E-state index is 0.0159. The Morgan fingerprint density at radius 2 is 1.79 bits per heavy atom. The molecule has 2 fully saturated rings. The highest BCUT2D eigenvalue weighted by atomic mass is 35.5. The van der Waals surface area contributed by atoms with Crippen molar-refractivity contribution in [1.82, 2.24) is 0 Å². The number of hydrogen-bond donors (Lipinski definition) is 0. The van der Waals surface area contributed by atoms with Gasteiger partial charge in [0.2, 0.25) is 0 Å². The molecular formula is C33H37ClO4. The zero-order chi connectivity index (χ0) is 26.5. The first-order valence-electron chi connectivity index (χ1n) is 13.8. The van der Waals surface area contributed by atoms with Crippen molar-refractivity contribution in [3.63, 3.8) is 0 Å². The predicted octanol–water partition coefficient (Wildman–Crippen LogP) is 7.92. The fraction of sp³-hybridized carbons (Fsp3) is 0.424. The fourth-order valence-electron chi connectivity index (χ4n) is 6.05. The van der Waals surface area contributed by atoms with E-state index in [9.17, 15) is 4.79 Å². The van der Waals surface area contributed by atoms with Gasteiger partial charge in [-0.05, 0) is 91.8 Å². The van der Waals surface area contributed by atoms with Crippen molar-refractivity contribution in [2.75, 3.05) is 13.2 Å². The Hall–Kier alpha value is -2.66. The van der Waals surface area contributed by atoms with Crippen LogP contribution in [-0.2, 0) is 20.7 Å². The third kappa shape index (κ3) is 6.48. The number of halogens is 1. The van der Waals surface area contributed by atoms with Crippen LogP contribution in [-0.4, -0.2) is 25.1 Å². The van der Waals surface area contributed by atoms with Crippen LogP contribution in [0.3, 0.4) is 0 Å². The maximum absolute atomic E-state index is 12.3. The SMILES string of the molecule is CCOc1ccc(Cc2cc(C3OC4COC(c5ccccc5)CCC4CC3CC(C)=O)ccc2Cl)cc1. The minimum atomic E-state index is -0.159. The van der Waals surface area contributed by atoms with E-state index in [4.69, 9.17) is 25.8 Å². The van der Waals surface area contributed by atoms with Gasteiger partial charge in [-0.3, -0.25) is 0 Å². The Kier molecular flexibility index (Phi) is 8.83. The summed E-state index contributed by atoms with van der Waals surface area (Å²) in [6.45, 7) is 4.89. The van der Waals surface area contributed by atoms with Gasteiger partial charge >= 0.3 is 0 Å². The number of rotatable bonds is 8. The van der Waals surface area contributed by atoms with Gasteiger partial charge in [0.25, 0.3) is 0 Å². The first kappa shape index (κ1) is 26.9. The summed E-state index contributed by atoms with van der Waals surface area (Å²) in [4.78, 5) is 12.3. The highest BCUT2D eigenvalue weighted by Gasteiger charge is 2.41. The lowest BCUT2D eigenvalue weighted by molar-refractivity contribution is -0.146. The molecule has 5 atom stereocenters. The molecule has 5 rings (SSSR count). The number of carbonyl (C=O) groups is 1. The van der Waals surface area contributed by atoms with Crippen molar-refractivity contribution in [2.45, 2.75) is 64.3 Å². The maximum Gasteiger partial charge on any atom is 0.130 e. The second kappa shape index (κ2) is 12.5. The van der Waals surface area contributed by atoms with Gasteiger partial charge in [-0.2, -0.15) is 0 Å². The van der Waals surface area contributed by atoms with Crippen molar-refractivity contribution in [2.24, 2.45) is 11.8 Å². The molecule has 0 aliphatic carbocycles. The summed E-state index contributed by atoms with van der Waals surface area (Å²) >= 11 is 6.65. The molecule has 2 heterocycles. The summed E-state index contributed by atoms with van der Waals surface area (Å²) in [5, 5.41) is 0.739. The number of ketones is 1. The van der Waals surface area contributed by atoms with Crippen molar-refractivity contribution in [1.29, 1.82) is 0 Å². The minimum Gasteiger partial charge on any atom is -0.494 e. The Bertz CT molecular complexity index is 1210. The van der Waals surface area contributed by atoms with Gasteiger partial charge < -0.3 is 19.0 Å². The van der Waals surface area contributed by atoms with Gasteiger partial charge in [0.15, 0.2) is 0 Å². The summed E-state index contributed by atoms with van der Waals surface area (Å²) < 4.78 is 18.8. The third-order valence-electron chi connectivity index (χ3n) is 7.89. The standard InChI is InChI=1S/C33H37ClO4/c1-3-36-29-13-9-23(10-14-29)18-27-20-26(11-15-30(27)34)33-28(17-22(2)35)19-25-12-16-31(37-21-32(25)38-33)24-7-5-4-6-8-24/h4-11,13-15,20,25,28,31-33H,3,12,16-19,21H2,1-2H3. The van der Waals surface area contributed by atoms with Crippen molar-refractivity contribution < 1.29 is 19.0 Å². The topological polar surface area (TPSA) is 44.8 Å². The Labute approximate surface area is 231 Å². The van der Waals surface area contributed by atoms with E-state index in [1.54, 1.807) is 6.92 Å². The number of fused-ring (bicyclic) bond motifs is 1. The van der Waals surface area contributed by atoms with Gasteiger partial charge in [0.05, 0.1) is 31.5 Å².